The maximum absolute atomic E-state index is 6.39. The molecule has 1 atom stereocenters. The fourth-order valence-corrected chi connectivity index (χ4v) is 2.82. The van der Waals surface area contributed by atoms with Crippen LogP contribution in [0.15, 0.2) is 41.8 Å². The molecule has 72 valence electrons. The lowest BCUT2D eigenvalue weighted by Crippen LogP contribution is -1.91. The summed E-state index contributed by atoms with van der Waals surface area (Å²) in [5, 5.41) is 2.08. The molecule has 0 saturated heterocycles. The number of halogens is 1. The van der Waals surface area contributed by atoms with E-state index >= 15 is 0 Å². The molecule has 0 saturated carbocycles. The van der Waals surface area contributed by atoms with Gasteiger partial charge in [0.1, 0.15) is 0 Å². The molecule has 0 aliphatic rings. The maximum atomic E-state index is 6.39. The minimum Gasteiger partial charge on any atom is -0.147 e. The summed E-state index contributed by atoms with van der Waals surface area (Å²) in [6.45, 7) is 2.10. The topological polar surface area (TPSA) is 0 Å². The van der Waals surface area contributed by atoms with Gasteiger partial charge in [0.05, 0.1) is 5.38 Å². The first kappa shape index (κ1) is 9.75. The van der Waals surface area contributed by atoms with Crippen molar-refractivity contribution < 1.29 is 0 Å². The Balaban J connectivity index is 2.34. The van der Waals surface area contributed by atoms with Gasteiger partial charge < -0.3 is 0 Å². The molecule has 0 N–H and O–H groups in total. The van der Waals surface area contributed by atoms with E-state index in [1.165, 1.54) is 16.0 Å². The van der Waals surface area contributed by atoms with Crippen LogP contribution in [0, 0.1) is 6.92 Å². The van der Waals surface area contributed by atoms with Crippen LogP contribution in [-0.2, 0) is 0 Å². The lowest BCUT2D eigenvalue weighted by molar-refractivity contribution is 1.16. The van der Waals surface area contributed by atoms with Crippen LogP contribution >= 0.6 is 22.9 Å². The quantitative estimate of drug-likeness (QED) is 0.662. The Bertz CT molecular complexity index is 405. The van der Waals surface area contributed by atoms with E-state index in [1.54, 1.807) is 11.3 Å². The molecule has 0 amide bonds. The minimum absolute atomic E-state index is 0.00352. The van der Waals surface area contributed by atoms with E-state index in [-0.39, 0.29) is 5.38 Å². The van der Waals surface area contributed by atoms with Gasteiger partial charge in [0.2, 0.25) is 0 Å². The van der Waals surface area contributed by atoms with Crippen LogP contribution < -0.4 is 0 Å². The van der Waals surface area contributed by atoms with Crippen molar-refractivity contribution in [2.24, 2.45) is 0 Å². The van der Waals surface area contributed by atoms with Gasteiger partial charge in [0.25, 0.3) is 0 Å². The molecule has 0 aliphatic heterocycles. The number of alkyl halides is 1. The van der Waals surface area contributed by atoms with Gasteiger partial charge in [-0.05, 0) is 29.5 Å². The summed E-state index contributed by atoms with van der Waals surface area (Å²) in [6, 6.07) is 12.3. The highest BCUT2D eigenvalue weighted by Gasteiger charge is 2.13. The van der Waals surface area contributed by atoms with Crippen molar-refractivity contribution in [3.05, 3.63) is 57.8 Å². The lowest BCUT2D eigenvalue weighted by Gasteiger charge is -2.08. The van der Waals surface area contributed by atoms with E-state index in [4.69, 9.17) is 11.6 Å². The summed E-state index contributed by atoms with van der Waals surface area (Å²) < 4.78 is 0. The maximum Gasteiger partial charge on any atom is 0.0930 e. The molecule has 0 spiro atoms. The summed E-state index contributed by atoms with van der Waals surface area (Å²) >= 11 is 8.11. The van der Waals surface area contributed by atoms with Crippen molar-refractivity contribution in [3.63, 3.8) is 0 Å². The molecule has 14 heavy (non-hydrogen) atoms. The van der Waals surface area contributed by atoms with Gasteiger partial charge in [-0.1, -0.05) is 30.3 Å². The highest BCUT2D eigenvalue weighted by atomic mass is 35.5. The molecule has 2 heteroatoms. The van der Waals surface area contributed by atoms with Gasteiger partial charge >= 0.3 is 0 Å². The highest BCUT2D eigenvalue weighted by molar-refractivity contribution is 7.10. The van der Waals surface area contributed by atoms with Crippen molar-refractivity contribution in [3.8, 4) is 0 Å². The third-order valence-corrected chi connectivity index (χ3v) is 3.91. The van der Waals surface area contributed by atoms with Gasteiger partial charge in [-0.25, -0.2) is 0 Å². The molecule has 1 aromatic carbocycles. The van der Waals surface area contributed by atoms with Crippen molar-refractivity contribution in [1.29, 1.82) is 0 Å². The molecule has 1 heterocycles. The first-order valence-corrected chi connectivity index (χ1v) is 5.83. The Morgan fingerprint density at radius 1 is 1.14 bits per heavy atom. The predicted molar refractivity (Wildman–Crippen MR) is 63.2 cm³/mol. The van der Waals surface area contributed by atoms with Crippen LogP contribution in [-0.4, -0.2) is 0 Å². The van der Waals surface area contributed by atoms with E-state index < -0.39 is 0 Å². The summed E-state index contributed by atoms with van der Waals surface area (Å²) in [4.78, 5) is 1.25. The molecule has 0 fully saturated rings. The van der Waals surface area contributed by atoms with Crippen molar-refractivity contribution in [1.82, 2.24) is 0 Å². The fraction of sp³-hybridized carbons (Fsp3) is 0.167. The van der Waals surface area contributed by atoms with Crippen LogP contribution in [0.3, 0.4) is 0 Å². The Hall–Kier alpha value is -0.790. The van der Waals surface area contributed by atoms with Gasteiger partial charge in [-0.15, -0.1) is 22.9 Å². The number of aryl methyl sites for hydroxylation is 1. The van der Waals surface area contributed by atoms with Gasteiger partial charge in [0, 0.05) is 4.88 Å². The van der Waals surface area contributed by atoms with E-state index in [0.29, 0.717) is 0 Å². The zero-order chi connectivity index (χ0) is 9.97. The van der Waals surface area contributed by atoms with Crippen LogP contribution in [0.2, 0.25) is 0 Å². The molecular weight excluding hydrogens is 212 g/mol. The second kappa shape index (κ2) is 4.16. The van der Waals surface area contributed by atoms with Crippen LogP contribution in [0.1, 0.15) is 21.4 Å². The lowest BCUT2D eigenvalue weighted by atomic mass is 10.1. The Kier molecular flexibility index (Phi) is 2.90. The van der Waals surface area contributed by atoms with Crippen LogP contribution in [0.5, 0.6) is 0 Å². The zero-order valence-electron chi connectivity index (χ0n) is 7.91. The smallest absolute Gasteiger partial charge is 0.0930 e. The zero-order valence-corrected chi connectivity index (χ0v) is 9.48. The monoisotopic (exact) mass is 222 g/mol. The predicted octanol–water partition coefficient (Wildman–Crippen LogP) is 4.38. The SMILES string of the molecule is Cc1ccsc1C(Cl)c1ccccc1. The summed E-state index contributed by atoms with van der Waals surface area (Å²) in [6.07, 6.45) is 0. The highest BCUT2D eigenvalue weighted by Crippen LogP contribution is 2.34. The molecule has 0 bridgehead atoms. The molecule has 0 nitrogen and oxygen atoms in total. The Morgan fingerprint density at radius 3 is 2.43 bits per heavy atom. The third kappa shape index (κ3) is 1.84. The van der Waals surface area contributed by atoms with E-state index in [2.05, 4.69) is 30.5 Å². The minimum atomic E-state index is -0.00352. The largest absolute Gasteiger partial charge is 0.147 e. The molecule has 2 aromatic rings. The van der Waals surface area contributed by atoms with E-state index in [0.717, 1.165) is 0 Å². The first-order valence-electron chi connectivity index (χ1n) is 4.52. The average Bonchev–Trinajstić information content (AvgIpc) is 2.65. The number of rotatable bonds is 2. The number of benzene rings is 1. The third-order valence-electron chi connectivity index (χ3n) is 2.22. The molecule has 1 unspecified atom stereocenters. The van der Waals surface area contributed by atoms with Gasteiger partial charge in [0.15, 0.2) is 0 Å². The van der Waals surface area contributed by atoms with E-state index in [9.17, 15) is 0 Å². The van der Waals surface area contributed by atoms with Crippen molar-refractivity contribution >= 4 is 22.9 Å². The van der Waals surface area contributed by atoms with Crippen molar-refractivity contribution in [2.45, 2.75) is 12.3 Å². The number of hydrogen-bond acceptors (Lipinski definition) is 1. The van der Waals surface area contributed by atoms with E-state index in [1.807, 2.05) is 18.2 Å². The molecular formula is C12H11ClS. The second-order valence-electron chi connectivity index (χ2n) is 3.24. The Morgan fingerprint density at radius 2 is 1.86 bits per heavy atom. The van der Waals surface area contributed by atoms with Crippen LogP contribution in [0.25, 0.3) is 0 Å². The summed E-state index contributed by atoms with van der Waals surface area (Å²) in [5.74, 6) is 0. The van der Waals surface area contributed by atoms with Gasteiger partial charge in [-0.2, -0.15) is 0 Å². The molecule has 2 rings (SSSR count). The number of hydrogen-bond donors (Lipinski definition) is 0. The standard InChI is InChI=1S/C12H11ClS/c1-9-7-8-14-12(9)11(13)10-5-3-2-4-6-10/h2-8,11H,1H3. The summed E-state index contributed by atoms with van der Waals surface area (Å²) in [5.41, 5.74) is 2.44. The molecule has 1 aromatic heterocycles. The van der Waals surface area contributed by atoms with Gasteiger partial charge in [-0.3, -0.25) is 0 Å². The van der Waals surface area contributed by atoms with Crippen molar-refractivity contribution in [2.75, 3.05) is 0 Å². The second-order valence-corrected chi connectivity index (χ2v) is 4.63. The summed E-state index contributed by atoms with van der Waals surface area (Å²) in [7, 11) is 0. The normalized spacial score (nSPS) is 12.7. The average molecular weight is 223 g/mol. The molecule has 0 radical (unpaired) electrons. The number of thiophene rings is 1. The Labute approximate surface area is 93.2 Å². The fourth-order valence-electron chi connectivity index (χ4n) is 1.42. The van der Waals surface area contributed by atoms with Crippen LogP contribution in [0.4, 0.5) is 0 Å². The molecule has 0 aliphatic carbocycles. The first-order chi connectivity index (χ1) is 6.79.